The van der Waals surface area contributed by atoms with E-state index in [1.54, 1.807) is 11.3 Å². The Morgan fingerprint density at radius 2 is 2.43 bits per heavy atom. The molecule has 14 heavy (non-hydrogen) atoms. The van der Waals surface area contributed by atoms with Gasteiger partial charge in [0.2, 0.25) is 0 Å². The van der Waals surface area contributed by atoms with Gasteiger partial charge in [-0.1, -0.05) is 6.42 Å². The van der Waals surface area contributed by atoms with Gasteiger partial charge in [0.25, 0.3) is 0 Å². The van der Waals surface area contributed by atoms with Crippen LogP contribution in [0.4, 0.5) is 0 Å². The molecule has 0 saturated heterocycles. The maximum absolute atomic E-state index is 9.61. The minimum absolute atomic E-state index is 0.0648. The largest absolute Gasteiger partial charge is 0.393 e. The summed E-state index contributed by atoms with van der Waals surface area (Å²) in [6.07, 6.45) is 3.29. The van der Waals surface area contributed by atoms with Crippen molar-refractivity contribution in [2.75, 3.05) is 6.54 Å². The number of hydrogen-bond acceptors (Lipinski definition) is 3. The molecule has 0 aromatic carbocycles. The molecular formula is C11H17NOS. The third-order valence-electron chi connectivity index (χ3n) is 2.93. The van der Waals surface area contributed by atoms with Crippen LogP contribution >= 0.6 is 11.3 Å². The monoisotopic (exact) mass is 211 g/mol. The molecule has 1 fully saturated rings. The molecule has 0 amide bonds. The molecule has 2 N–H and O–H groups in total. The molecule has 0 radical (unpaired) electrons. The van der Waals surface area contributed by atoms with Gasteiger partial charge < -0.3 is 10.4 Å². The first-order valence-corrected chi connectivity index (χ1v) is 6.20. The van der Waals surface area contributed by atoms with E-state index in [0.717, 1.165) is 19.5 Å². The lowest BCUT2D eigenvalue weighted by Gasteiger charge is -2.14. The number of hydrogen-bond donors (Lipinski definition) is 2. The quantitative estimate of drug-likeness (QED) is 0.798. The Hall–Kier alpha value is -0.380. The molecule has 2 nitrogen and oxygen atoms in total. The van der Waals surface area contributed by atoms with Gasteiger partial charge in [0.05, 0.1) is 6.10 Å². The summed E-state index contributed by atoms with van der Waals surface area (Å²) >= 11 is 1.73. The van der Waals surface area contributed by atoms with Crippen molar-refractivity contribution in [3.63, 3.8) is 0 Å². The van der Waals surface area contributed by atoms with Crippen molar-refractivity contribution in [2.24, 2.45) is 5.92 Å². The predicted octanol–water partition coefficient (Wildman–Crippen LogP) is 2.00. The van der Waals surface area contributed by atoms with Gasteiger partial charge in [0.1, 0.15) is 0 Å². The van der Waals surface area contributed by atoms with Gasteiger partial charge in [0.15, 0.2) is 0 Å². The average molecular weight is 211 g/mol. The maximum atomic E-state index is 9.61. The summed E-state index contributed by atoms with van der Waals surface area (Å²) in [4.78, 5) is 0. The zero-order valence-electron chi connectivity index (χ0n) is 8.28. The molecule has 1 aromatic heterocycles. The average Bonchev–Trinajstić information content (AvgIpc) is 2.78. The van der Waals surface area contributed by atoms with Crippen molar-refractivity contribution in [3.8, 4) is 0 Å². The Morgan fingerprint density at radius 3 is 3.07 bits per heavy atom. The molecule has 2 atom stereocenters. The fourth-order valence-corrected chi connectivity index (χ4v) is 2.72. The van der Waals surface area contributed by atoms with E-state index in [2.05, 4.69) is 22.1 Å². The molecule has 1 aromatic rings. The van der Waals surface area contributed by atoms with Crippen LogP contribution in [0.15, 0.2) is 16.8 Å². The van der Waals surface area contributed by atoms with E-state index in [4.69, 9.17) is 0 Å². The van der Waals surface area contributed by atoms with E-state index in [1.807, 2.05) is 0 Å². The zero-order valence-corrected chi connectivity index (χ0v) is 9.09. The molecule has 0 aliphatic heterocycles. The molecule has 2 rings (SSSR count). The highest BCUT2D eigenvalue weighted by Gasteiger charge is 2.24. The lowest BCUT2D eigenvalue weighted by atomic mass is 10.1. The summed E-state index contributed by atoms with van der Waals surface area (Å²) in [5.74, 6) is 0.480. The standard InChI is InChI=1S/C11H17NOS/c13-11-3-1-2-10(11)7-12-6-9-4-5-14-8-9/h4-5,8,10-13H,1-3,6-7H2. The highest BCUT2D eigenvalue weighted by atomic mass is 32.1. The Kier molecular flexibility index (Phi) is 3.56. The minimum atomic E-state index is -0.0648. The van der Waals surface area contributed by atoms with Gasteiger partial charge in [-0.05, 0) is 41.1 Å². The number of rotatable bonds is 4. The van der Waals surface area contributed by atoms with Gasteiger partial charge in [0, 0.05) is 13.1 Å². The van der Waals surface area contributed by atoms with Gasteiger partial charge in [-0.25, -0.2) is 0 Å². The molecular weight excluding hydrogens is 194 g/mol. The van der Waals surface area contributed by atoms with Crippen LogP contribution in [0.2, 0.25) is 0 Å². The second-order valence-corrected chi connectivity index (χ2v) is 4.80. The second kappa shape index (κ2) is 4.91. The minimum Gasteiger partial charge on any atom is -0.393 e. The van der Waals surface area contributed by atoms with E-state index in [0.29, 0.717) is 5.92 Å². The lowest BCUT2D eigenvalue weighted by Crippen LogP contribution is -2.27. The summed E-state index contributed by atoms with van der Waals surface area (Å²) in [6.45, 7) is 1.89. The van der Waals surface area contributed by atoms with Crippen LogP contribution in [0.25, 0.3) is 0 Å². The van der Waals surface area contributed by atoms with Crippen LogP contribution in [-0.2, 0) is 6.54 Å². The Labute approximate surface area is 89.0 Å². The number of nitrogens with one attached hydrogen (secondary N) is 1. The molecule has 1 aliphatic rings. The van der Waals surface area contributed by atoms with Crippen molar-refractivity contribution in [3.05, 3.63) is 22.4 Å². The molecule has 0 spiro atoms. The normalized spacial score (nSPS) is 26.9. The second-order valence-electron chi connectivity index (χ2n) is 4.02. The summed E-state index contributed by atoms with van der Waals surface area (Å²) in [5.41, 5.74) is 1.35. The molecule has 2 unspecified atom stereocenters. The van der Waals surface area contributed by atoms with Crippen molar-refractivity contribution < 1.29 is 5.11 Å². The van der Waals surface area contributed by atoms with E-state index in [9.17, 15) is 5.11 Å². The zero-order chi connectivity index (χ0) is 9.80. The molecule has 1 heterocycles. The van der Waals surface area contributed by atoms with Crippen LogP contribution in [0.1, 0.15) is 24.8 Å². The van der Waals surface area contributed by atoms with Gasteiger partial charge in [-0.3, -0.25) is 0 Å². The van der Waals surface area contributed by atoms with E-state index in [-0.39, 0.29) is 6.10 Å². The predicted molar refractivity (Wildman–Crippen MR) is 59.4 cm³/mol. The van der Waals surface area contributed by atoms with Crippen molar-refractivity contribution in [1.29, 1.82) is 0 Å². The van der Waals surface area contributed by atoms with Crippen molar-refractivity contribution in [2.45, 2.75) is 31.9 Å². The fraction of sp³-hybridized carbons (Fsp3) is 0.636. The van der Waals surface area contributed by atoms with E-state index >= 15 is 0 Å². The maximum Gasteiger partial charge on any atom is 0.0580 e. The van der Waals surface area contributed by atoms with Crippen LogP contribution < -0.4 is 5.32 Å². The number of aliphatic hydroxyl groups is 1. The molecule has 1 saturated carbocycles. The molecule has 3 heteroatoms. The van der Waals surface area contributed by atoms with Gasteiger partial charge in [-0.15, -0.1) is 0 Å². The first kappa shape index (κ1) is 10.1. The third-order valence-corrected chi connectivity index (χ3v) is 3.67. The molecule has 0 bridgehead atoms. The highest BCUT2D eigenvalue weighted by Crippen LogP contribution is 2.24. The van der Waals surface area contributed by atoms with Crippen LogP contribution in [0.3, 0.4) is 0 Å². The van der Waals surface area contributed by atoms with E-state index < -0.39 is 0 Å². The van der Waals surface area contributed by atoms with Gasteiger partial charge in [-0.2, -0.15) is 11.3 Å². The number of aliphatic hydroxyl groups excluding tert-OH is 1. The smallest absolute Gasteiger partial charge is 0.0580 e. The fourth-order valence-electron chi connectivity index (χ4n) is 2.05. The number of thiophene rings is 1. The molecule has 1 aliphatic carbocycles. The van der Waals surface area contributed by atoms with Crippen LogP contribution in [-0.4, -0.2) is 17.8 Å². The van der Waals surface area contributed by atoms with Gasteiger partial charge >= 0.3 is 0 Å². The Bertz CT molecular complexity index is 260. The Balaban J connectivity index is 1.68. The SMILES string of the molecule is OC1CCCC1CNCc1ccsc1. The lowest BCUT2D eigenvalue weighted by molar-refractivity contribution is 0.131. The summed E-state index contributed by atoms with van der Waals surface area (Å²) < 4.78 is 0. The van der Waals surface area contributed by atoms with Crippen molar-refractivity contribution >= 4 is 11.3 Å². The first-order valence-electron chi connectivity index (χ1n) is 5.26. The van der Waals surface area contributed by atoms with Crippen LogP contribution in [0.5, 0.6) is 0 Å². The Morgan fingerprint density at radius 1 is 1.50 bits per heavy atom. The summed E-state index contributed by atoms with van der Waals surface area (Å²) in [7, 11) is 0. The van der Waals surface area contributed by atoms with Crippen molar-refractivity contribution in [1.82, 2.24) is 5.32 Å². The van der Waals surface area contributed by atoms with Crippen LogP contribution in [0, 0.1) is 5.92 Å². The summed E-state index contributed by atoms with van der Waals surface area (Å²) in [6, 6.07) is 2.14. The first-order chi connectivity index (χ1) is 6.86. The highest BCUT2D eigenvalue weighted by molar-refractivity contribution is 7.07. The third kappa shape index (κ3) is 2.56. The summed E-state index contributed by atoms with van der Waals surface area (Å²) in [5, 5.41) is 17.3. The van der Waals surface area contributed by atoms with E-state index in [1.165, 1.54) is 18.4 Å². The topological polar surface area (TPSA) is 32.3 Å². The molecule has 78 valence electrons.